The number of anilines is 1. The maximum Gasteiger partial charge on any atom is 0.302 e. The summed E-state index contributed by atoms with van der Waals surface area (Å²) in [7, 11) is 0. The number of allylic oxidation sites excluding steroid dienone is 5. The van der Waals surface area contributed by atoms with E-state index < -0.39 is 0 Å². The van der Waals surface area contributed by atoms with Gasteiger partial charge in [-0.25, -0.2) is 0 Å². The lowest BCUT2D eigenvalue weighted by Crippen LogP contribution is -2.38. The van der Waals surface area contributed by atoms with Gasteiger partial charge in [-0.2, -0.15) is 4.98 Å². The third kappa shape index (κ3) is 11.0. The molecule has 6 nitrogen and oxygen atoms in total. The monoisotopic (exact) mass is 621 g/mol. The van der Waals surface area contributed by atoms with E-state index in [9.17, 15) is 4.79 Å². The lowest BCUT2D eigenvalue weighted by atomic mass is 9.82. The number of rotatable bonds is 14. The molecular formula is C37H52ClN3O3. The highest BCUT2D eigenvalue weighted by atomic mass is 35.5. The van der Waals surface area contributed by atoms with E-state index in [0.29, 0.717) is 42.2 Å². The lowest BCUT2D eigenvalue weighted by molar-refractivity contribution is -0.143. The third-order valence-corrected chi connectivity index (χ3v) is 8.20. The molecule has 2 heterocycles. The normalized spacial score (nSPS) is 16.4. The average molecular weight is 622 g/mol. The van der Waals surface area contributed by atoms with E-state index >= 15 is 0 Å². The summed E-state index contributed by atoms with van der Waals surface area (Å²) < 4.78 is 10.9. The molecule has 1 aliphatic heterocycles. The van der Waals surface area contributed by atoms with Crippen molar-refractivity contribution in [3.05, 3.63) is 102 Å². The molecule has 0 saturated heterocycles. The minimum absolute atomic E-state index is 0.00602. The van der Waals surface area contributed by atoms with E-state index in [-0.39, 0.29) is 23.2 Å². The molecule has 0 spiro atoms. The lowest BCUT2D eigenvalue weighted by Gasteiger charge is -2.36. The van der Waals surface area contributed by atoms with Gasteiger partial charge in [0.15, 0.2) is 5.82 Å². The van der Waals surface area contributed by atoms with E-state index in [1.165, 1.54) is 12.5 Å². The van der Waals surface area contributed by atoms with E-state index in [1.807, 2.05) is 30.4 Å². The van der Waals surface area contributed by atoms with E-state index in [1.54, 1.807) is 0 Å². The number of carbonyl (C=O) groups excluding carboxylic acids is 1. The molecule has 7 heteroatoms. The molecule has 2 aromatic rings. The highest BCUT2D eigenvalue weighted by Crippen LogP contribution is 2.46. The van der Waals surface area contributed by atoms with Gasteiger partial charge < -0.3 is 14.2 Å². The van der Waals surface area contributed by atoms with Gasteiger partial charge in [-0.1, -0.05) is 95.4 Å². The van der Waals surface area contributed by atoms with Gasteiger partial charge in [-0.05, 0) is 60.9 Å². The second kappa shape index (κ2) is 17.2. The number of aryl methyl sites for hydroxylation is 1. The van der Waals surface area contributed by atoms with E-state index in [4.69, 9.17) is 20.9 Å². The Balaban J connectivity index is 0.000000860. The zero-order chi connectivity index (χ0) is 33.0. The number of fused-ring (bicyclic) bond motifs is 1. The minimum Gasteiger partial charge on any atom is -0.465 e. The quantitative estimate of drug-likeness (QED) is 0.0905. The first-order chi connectivity index (χ1) is 20.7. The Morgan fingerprint density at radius 3 is 2.55 bits per heavy atom. The summed E-state index contributed by atoms with van der Waals surface area (Å²) in [6.45, 7) is 33.4. The summed E-state index contributed by atoms with van der Waals surface area (Å²) in [6, 6.07) is 5.93. The standard InChI is InChI=1S/C30H38ClN3O3.C7H14/c1-8-10-11-12-29-32-28(33-37-29)16-23-15-25(20(3)9-2)26-17-24(31)13-14-27(26)34(21(23)4)18-30(6,7)19-36-22(5)35;1-5-7(4)6(2)3/h8-9,13-14,17,23,25H,1-4,10-12,15-16,18-19H2,5-7H3;6H,4-5H2,1-3H3/t23-,25?;/m1./s1. The largest absolute Gasteiger partial charge is 0.465 e. The van der Waals surface area contributed by atoms with Crippen LogP contribution in [0, 0.1) is 17.3 Å². The molecular weight excluding hydrogens is 570 g/mol. The highest BCUT2D eigenvalue weighted by molar-refractivity contribution is 6.30. The number of aromatic nitrogens is 2. The van der Waals surface area contributed by atoms with Crippen molar-refractivity contribution in [1.29, 1.82) is 0 Å². The topological polar surface area (TPSA) is 68.5 Å². The molecule has 0 fully saturated rings. The van der Waals surface area contributed by atoms with Gasteiger partial charge in [0.2, 0.25) is 5.89 Å². The van der Waals surface area contributed by atoms with Gasteiger partial charge in [0.05, 0.1) is 6.61 Å². The molecule has 44 heavy (non-hydrogen) atoms. The first-order valence-electron chi connectivity index (χ1n) is 15.5. The summed E-state index contributed by atoms with van der Waals surface area (Å²) in [5, 5.41) is 4.92. The van der Waals surface area contributed by atoms with Gasteiger partial charge in [-0.3, -0.25) is 4.79 Å². The Hall–Kier alpha value is -3.38. The molecule has 0 radical (unpaired) electrons. The second-order valence-corrected chi connectivity index (χ2v) is 13.1. The highest BCUT2D eigenvalue weighted by Gasteiger charge is 2.36. The average Bonchev–Trinajstić information content (AvgIpc) is 3.39. The van der Waals surface area contributed by atoms with Crippen molar-refractivity contribution in [2.24, 2.45) is 17.3 Å². The van der Waals surface area contributed by atoms with Crippen LogP contribution in [-0.4, -0.2) is 29.3 Å². The second-order valence-electron chi connectivity index (χ2n) is 12.6. The van der Waals surface area contributed by atoms with Gasteiger partial charge in [-0.15, -0.1) is 6.58 Å². The Kier molecular flexibility index (Phi) is 14.4. The molecule has 0 aliphatic carbocycles. The molecule has 3 rings (SSSR count). The minimum atomic E-state index is -0.337. The fourth-order valence-electron chi connectivity index (χ4n) is 5.13. The van der Waals surface area contributed by atoms with Crippen LogP contribution in [0.2, 0.25) is 5.02 Å². The number of halogens is 1. The zero-order valence-electron chi connectivity index (χ0n) is 27.8. The fourth-order valence-corrected chi connectivity index (χ4v) is 5.31. The number of nitrogens with zero attached hydrogens (tertiary/aromatic N) is 3. The number of carbonyl (C=O) groups is 1. The van der Waals surface area contributed by atoms with Crippen molar-refractivity contribution in [1.82, 2.24) is 10.1 Å². The van der Waals surface area contributed by atoms with Crippen LogP contribution in [0.5, 0.6) is 0 Å². The van der Waals surface area contributed by atoms with Gasteiger partial charge in [0, 0.05) is 60.0 Å². The van der Waals surface area contributed by atoms with Crippen LogP contribution < -0.4 is 4.90 Å². The van der Waals surface area contributed by atoms with Crippen LogP contribution >= 0.6 is 11.6 Å². The maximum absolute atomic E-state index is 11.5. The third-order valence-electron chi connectivity index (χ3n) is 7.96. The maximum atomic E-state index is 11.5. The Morgan fingerprint density at radius 2 is 1.98 bits per heavy atom. The first kappa shape index (κ1) is 36.8. The SMILES string of the molecule is C=C(CC)C(C)C.C=CCCCc1nc(C[C@H]2CC(C(=C)C=C)c3cc(Cl)ccc3N(CC(C)(C)COC(C)=O)C2=C)no1. The predicted octanol–water partition coefficient (Wildman–Crippen LogP) is 9.84. The summed E-state index contributed by atoms with van der Waals surface area (Å²) in [5.41, 5.74) is 4.95. The number of benzene rings is 1. The van der Waals surface area contributed by atoms with Crippen molar-refractivity contribution in [3.63, 3.8) is 0 Å². The Labute approximate surface area is 270 Å². The molecule has 240 valence electrons. The predicted molar refractivity (Wildman–Crippen MR) is 184 cm³/mol. The summed E-state index contributed by atoms with van der Waals surface area (Å²) in [6.07, 6.45) is 8.69. The number of esters is 1. The number of hydrogen-bond donors (Lipinski definition) is 0. The Morgan fingerprint density at radius 1 is 1.27 bits per heavy atom. The van der Waals surface area contributed by atoms with Crippen molar-refractivity contribution in [3.8, 4) is 0 Å². The molecule has 1 aromatic carbocycles. The Bertz CT molecular complexity index is 1320. The van der Waals surface area contributed by atoms with Crippen LogP contribution in [0.3, 0.4) is 0 Å². The van der Waals surface area contributed by atoms with Crippen molar-refractivity contribution in [2.45, 2.75) is 86.0 Å². The van der Waals surface area contributed by atoms with Gasteiger partial charge >= 0.3 is 5.97 Å². The van der Waals surface area contributed by atoms with Crippen LogP contribution in [0.1, 0.15) is 90.4 Å². The summed E-state index contributed by atoms with van der Waals surface area (Å²) in [4.78, 5) is 18.4. The summed E-state index contributed by atoms with van der Waals surface area (Å²) in [5.74, 6) is 1.68. The van der Waals surface area contributed by atoms with E-state index in [2.05, 4.69) is 82.6 Å². The van der Waals surface area contributed by atoms with Crippen LogP contribution in [0.15, 0.2) is 84.6 Å². The fraction of sp³-hybridized carbons (Fsp3) is 0.486. The number of unbranched alkanes of at least 4 members (excludes halogenated alkanes) is 1. The van der Waals surface area contributed by atoms with Crippen LogP contribution in [0.4, 0.5) is 5.69 Å². The van der Waals surface area contributed by atoms with Crippen LogP contribution in [0.25, 0.3) is 0 Å². The zero-order valence-corrected chi connectivity index (χ0v) is 28.5. The van der Waals surface area contributed by atoms with Crippen molar-refractivity contribution in [2.75, 3.05) is 18.1 Å². The molecule has 1 aliphatic rings. The number of ether oxygens (including phenoxy) is 1. The van der Waals surface area contributed by atoms with Gasteiger partial charge in [0.25, 0.3) is 0 Å². The molecule has 0 bridgehead atoms. The molecule has 0 N–H and O–H groups in total. The molecule has 0 saturated carbocycles. The van der Waals surface area contributed by atoms with Crippen LogP contribution in [-0.2, 0) is 22.4 Å². The first-order valence-corrected chi connectivity index (χ1v) is 15.9. The van der Waals surface area contributed by atoms with Crippen molar-refractivity contribution < 1.29 is 14.1 Å². The molecule has 1 unspecified atom stereocenters. The summed E-state index contributed by atoms with van der Waals surface area (Å²) >= 11 is 6.47. The van der Waals surface area contributed by atoms with E-state index in [0.717, 1.165) is 54.6 Å². The molecule has 2 atom stereocenters. The number of hydrogen-bond acceptors (Lipinski definition) is 6. The smallest absolute Gasteiger partial charge is 0.302 e. The van der Waals surface area contributed by atoms with Crippen molar-refractivity contribution >= 4 is 23.3 Å². The molecule has 1 aromatic heterocycles. The van der Waals surface area contributed by atoms with Gasteiger partial charge in [0.1, 0.15) is 0 Å². The molecule has 0 amide bonds.